The van der Waals surface area contributed by atoms with Crippen LogP contribution in [0.3, 0.4) is 0 Å². The van der Waals surface area contributed by atoms with Gasteiger partial charge in [0.15, 0.2) is 0 Å². The lowest BCUT2D eigenvalue weighted by molar-refractivity contribution is 0.203. The molecule has 0 aliphatic carbocycles. The molecule has 1 aliphatic heterocycles. The van der Waals surface area contributed by atoms with Gasteiger partial charge in [0.05, 0.1) is 0 Å². The normalized spacial score (nSPS) is 16.8. The van der Waals surface area contributed by atoms with Crippen LogP contribution in [0.15, 0.2) is 48.8 Å². The highest BCUT2D eigenvalue weighted by atomic mass is 15.3. The van der Waals surface area contributed by atoms with E-state index >= 15 is 0 Å². The Morgan fingerprint density at radius 2 is 1.71 bits per heavy atom. The molecule has 0 N–H and O–H groups in total. The van der Waals surface area contributed by atoms with Gasteiger partial charge in [-0.2, -0.15) is 0 Å². The van der Waals surface area contributed by atoms with Crippen molar-refractivity contribution in [1.29, 1.82) is 0 Å². The van der Waals surface area contributed by atoms with Crippen LogP contribution in [0.5, 0.6) is 0 Å². The summed E-state index contributed by atoms with van der Waals surface area (Å²) in [5.41, 5.74) is 1.40. The quantitative estimate of drug-likeness (QED) is 0.863. The maximum Gasteiger partial charge on any atom is 0.225 e. The zero-order valence-corrected chi connectivity index (χ0v) is 12.5. The SMILES string of the molecule is CN(c1ncccn1)C1CCN(Cc2ccccc2)CC1. The second-order valence-corrected chi connectivity index (χ2v) is 5.65. The van der Waals surface area contributed by atoms with Crippen molar-refractivity contribution in [2.75, 3.05) is 25.0 Å². The Kier molecular flexibility index (Phi) is 4.46. The number of hydrogen-bond acceptors (Lipinski definition) is 4. The average molecular weight is 282 g/mol. The molecule has 1 aliphatic rings. The molecule has 110 valence electrons. The van der Waals surface area contributed by atoms with Crippen LogP contribution in [0.25, 0.3) is 0 Å². The molecule has 4 heteroatoms. The van der Waals surface area contributed by atoms with Gasteiger partial charge in [-0.05, 0) is 24.5 Å². The summed E-state index contributed by atoms with van der Waals surface area (Å²) in [7, 11) is 2.10. The van der Waals surface area contributed by atoms with Crippen LogP contribution in [-0.4, -0.2) is 41.0 Å². The van der Waals surface area contributed by atoms with Gasteiger partial charge in [0, 0.05) is 45.1 Å². The molecule has 0 spiro atoms. The van der Waals surface area contributed by atoms with Crippen LogP contribution >= 0.6 is 0 Å². The largest absolute Gasteiger partial charge is 0.341 e. The average Bonchev–Trinajstić information content (AvgIpc) is 2.57. The zero-order chi connectivity index (χ0) is 14.5. The third-order valence-corrected chi connectivity index (χ3v) is 4.22. The van der Waals surface area contributed by atoms with Crippen molar-refractivity contribution >= 4 is 5.95 Å². The van der Waals surface area contributed by atoms with E-state index in [0.717, 1.165) is 25.6 Å². The van der Waals surface area contributed by atoms with Crippen molar-refractivity contribution in [3.8, 4) is 0 Å². The predicted molar refractivity (Wildman–Crippen MR) is 85.2 cm³/mol. The van der Waals surface area contributed by atoms with Crippen LogP contribution in [0.1, 0.15) is 18.4 Å². The first-order valence-corrected chi connectivity index (χ1v) is 7.59. The maximum atomic E-state index is 4.34. The van der Waals surface area contributed by atoms with E-state index in [4.69, 9.17) is 0 Å². The van der Waals surface area contributed by atoms with Gasteiger partial charge in [-0.15, -0.1) is 0 Å². The molecule has 4 nitrogen and oxygen atoms in total. The van der Waals surface area contributed by atoms with Crippen LogP contribution in [0.2, 0.25) is 0 Å². The molecule has 0 radical (unpaired) electrons. The van der Waals surface area contributed by atoms with E-state index < -0.39 is 0 Å². The number of hydrogen-bond donors (Lipinski definition) is 0. The van der Waals surface area contributed by atoms with Gasteiger partial charge in [-0.3, -0.25) is 4.90 Å². The topological polar surface area (TPSA) is 32.3 Å². The number of piperidine rings is 1. The van der Waals surface area contributed by atoms with Gasteiger partial charge in [-0.1, -0.05) is 30.3 Å². The maximum absolute atomic E-state index is 4.34. The number of benzene rings is 1. The molecule has 2 heterocycles. The van der Waals surface area contributed by atoms with Gasteiger partial charge in [-0.25, -0.2) is 9.97 Å². The molecule has 21 heavy (non-hydrogen) atoms. The summed E-state index contributed by atoms with van der Waals surface area (Å²) < 4.78 is 0. The molecule has 2 aromatic rings. The number of likely N-dealkylation sites (tertiary alicyclic amines) is 1. The summed E-state index contributed by atoms with van der Waals surface area (Å²) in [6.45, 7) is 3.33. The first kappa shape index (κ1) is 14.0. The predicted octanol–water partition coefficient (Wildman–Crippen LogP) is 2.58. The molecule has 0 unspecified atom stereocenters. The molecule has 1 aromatic heterocycles. The Labute approximate surface area is 126 Å². The Bertz CT molecular complexity index is 535. The summed E-state index contributed by atoms with van der Waals surface area (Å²) in [6, 6.07) is 13.1. The van der Waals surface area contributed by atoms with Crippen LogP contribution in [0.4, 0.5) is 5.95 Å². The lowest BCUT2D eigenvalue weighted by Gasteiger charge is -2.36. The van der Waals surface area contributed by atoms with E-state index in [1.54, 1.807) is 0 Å². The van der Waals surface area contributed by atoms with Crippen molar-refractivity contribution in [3.05, 3.63) is 54.4 Å². The number of rotatable bonds is 4. The monoisotopic (exact) mass is 282 g/mol. The van der Waals surface area contributed by atoms with Gasteiger partial charge in [0.1, 0.15) is 0 Å². The van der Waals surface area contributed by atoms with Gasteiger partial charge < -0.3 is 4.90 Å². The molecule has 3 rings (SSSR count). The van der Waals surface area contributed by atoms with E-state index in [2.05, 4.69) is 57.1 Å². The van der Waals surface area contributed by atoms with Crippen LogP contribution in [0, 0.1) is 0 Å². The molecule has 0 bridgehead atoms. The lowest BCUT2D eigenvalue weighted by Crippen LogP contribution is -2.43. The summed E-state index contributed by atoms with van der Waals surface area (Å²) in [5, 5.41) is 0. The fourth-order valence-corrected chi connectivity index (χ4v) is 2.94. The minimum atomic E-state index is 0.541. The van der Waals surface area contributed by atoms with Crippen molar-refractivity contribution in [2.24, 2.45) is 0 Å². The Morgan fingerprint density at radius 1 is 1.05 bits per heavy atom. The van der Waals surface area contributed by atoms with Gasteiger partial charge >= 0.3 is 0 Å². The highest BCUT2D eigenvalue weighted by molar-refractivity contribution is 5.29. The number of nitrogens with zero attached hydrogens (tertiary/aromatic N) is 4. The minimum Gasteiger partial charge on any atom is -0.341 e. The van der Waals surface area contributed by atoms with E-state index in [0.29, 0.717) is 6.04 Å². The van der Waals surface area contributed by atoms with Crippen molar-refractivity contribution in [1.82, 2.24) is 14.9 Å². The molecule has 0 amide bonds. The molecule has 1 saturated heterocycles. The van der Waals surface area contributed by atoms with Crippen LogP contribution < -0.4 is 4.90 Å². The third kappa shape index (κ3) is 3.58. The molecular formula is C17H22N4. The smallest absolute Gasteiger partial charge is 0.225 e. The van der Waals surface area contributed by atoms with E-state index in [-0.39, 0.29) is 0 Å². The standard InChI is InChI=1S/C17H22N4/c1-20(17-18-10-5-11-19-17)16-8-12-21(13-9-16)14-15-6-3-2-4-7-15/h2-7,10-11,16H,8-9,12-14H2,1H3. The van der Waals surface area contributed by atoms with E-state index in [1.165, 1.54) is 18.4 Å². The Morgan fingerprint density at radius 3 is 2.38 bits per heavy atom. The van der Waals surface area contributed by atoms with Crippen molar-refractivity contribution in [2.45, 2.75) is 25.4 Å². The second kappa shape index (κ2) is 6.68. The Hall–Kier alpha value is -1.94. The second-order valence-electron chi connectivity index (χ2n) is 5.65. The number of aromatic nitrogens is 2. The first-order chi connectivity index (χ1) is 10.3. The van der Waals surface area contributed by atoms with Crippen molar-refractivity contribution in [3.63, 3.8) is 0 Å². The first-order valence-electron chi connectivity index (χ1n) is 7.59. The molecule has 1 aromatic carbocycles. The fourth-order valence-electron chi connectivity index (χ4n) is 2.94. The van der Waals surface area contributed by atoms with Crippen LogP contribution in [-0.2, 0) is 6.54 Å². The summed E-state index contributed by atoms with van der Waals surface area (Å²) in [5.74, 6) is 0.832. The number of anilines is 1. The van der Waals surface area contributed by atoms with Gasteiger partial charge in [0.2, 0.25) is 5.95 Å². The molecular weight excluding hydrogens is 260 g/mol. The lowest BCUT2D eigenvalue weighted by atomic mass is 10.0. The van der Waals surface area contributed by atoms with Gasteiger partial charge in [0.25, 0.3) is 0 Å². The fraction of sp³-hybridized carbons (Fsp3) is 0.412. The highest BCUT2D eigenvalue weighted by Crippen LogP contribution is 2.20. The molecule has 0 atom stereocenters. The summed E-state index contributed by atoms with van der Waals surface area (Å²) in [4.78, 5) is 13.4. The highest BCUT2D eigenvalue weighted by Gasteiger charge is 2.23. The third-order valence-electron chi connectivity index (χ3n) is 4.22. The van der Waals surface area contributed by atoms with E-state index in [1.807, 2.05) is 18.5 Å². The summed E-state index contributed by atoms with van der Waals surface area (Å²) in [6.07, 6.45) is 5.95. The minimum absolute atomic E-state index is 0.541. The Balaban J connectivity index is 1.53. The summed E-state index contributed by atoms with van der Waals surface area (Å²) >= 11 is 0. The molecule has 1 fully saturated rings. The van der Waals surface area contributed by atoms with E-state index in [9.17, 15) is 0 Å². The zero-order valence-electron chi connectivity index (χ0n) is 12.5. The van der Waals surface area contributed by atoms with Crippen molar-refractivity contribution < 1.29 is 0 Å². The molecule has 0 saturated carbocycles.